The predicted octanol–water partition coefficient (Wildman–Crippen LogP) is 20.8. The van der Waals surface area contributed by atoms with Gasteiger partial charge in [0.1, 0.15) is 13.2 Å². The number of esters is 3. The zero-order chi connectivity index (χ0) is 53.6. The molecule has 0 radical (unpaired) electrons. The third kappa shape index (κ3) is 58.7. The molecule has 0 heterocycles. The van der Waals surface area contributed by atoms with E-state index in [4.69, 9.17) is 14.2 Å². The third-order valence-corrected chi connectivity index (χ3v) is 12.7. The zero-order valence-corrected chi connectivity index (χ0v) is 48.1. The molecule has 6 heteroatoms. The first kappa shape index (κ1) is 69.8. The molecular weight excluding hydrogens is 913 g/mol. The van der Waals surface area contributed by atoms with Crippen molar-refractivity contribution < 1.29 is 28.6 Å². The Labute approximate surface area is 456 Å². The van der Waals surface area contributed by atoms with E-state index in [9.17, 15) is 14.4 Å². The second kappa shape index (κ2) is 61.4. The van der Waals surface area contributed by atoms with Crippen molar-refractivity contribution in [3.05, 3.63) is 122 Å². The van der Waals surface area contributed by atoms with Crippen molar-refractivity contribution in [2.75, 3.05) is 13.2 Å². The van der Waals surface area contributed by atoms with E-state index in [1.807, 2.05) is 12.2 Å². The normalized spacial score (nSPS) is 13.0. The van der Waals surface area contributed by atoms with Crippen LogP contribution in [-0.4, -0.2) is 37.2 Å². The number of unbranched alkanes of at least 4 members (excludes halogenated alkanes) is 23. The highest BCUT2D eigenvalue weighted by molar-refractivity contribution is 5.71. The highest BCUT2D eigenvalue weighted by Crippen LogP contribution is 2.16. The van der Waals surface area contributed by atoms with Crippen LogP contribution in [0.15, 0.2) is 122 Å². The maximum absolute atomic E-state index is 12.8. The second-order valence-electron chi connectivity index (χ2n) is 19.9. The number of hydrogen-bond acceptors (Lipinski definition) is 6. The van der Waals surface area contributed by atoms with Crippen LogP contribution >= 0.6 is 0 Å². The van der Waals surface area contributed by atoms with Crippen molar-refractivity contribution in [2.45, 2.75) is 277 Å². The van der Waals surface area contributed by atoms with Gasteiger partial charge >= 0.3 is 17.9 Å². The molecule has 0 aromatic carbocycles. The Bertz CT molecular complexity index is 1550. The van der Waals surface area contributed by atoms with Crippen LogP contribution in [0.2, 0.25) is 0 Å². The summed E-state index contributed by atoms with van der Waals surface area (Å²) in [7, 11) is 0. The summed E-state index contributed by atoms with van der Waals surface area (Å²) < 4.78 is 16.7. The van der Waals surface area contributed by atoms with E-state index >= 15 is 0 Å². The largest absolute Gasteiger partial charge is 0.462 e. The zero-order valence-electron chi connectivity index (χ0n) is 48.1. The van der Waals surface area contributed by atoms with Crippen LogP contribution in [0, 0.1) is 0 Å². The Morgan fingerprint density at radius 2 is 0.554 bits per heavy atom. The molecule has 0 aromatic heterocycles. The Morgan fingerprint density at radius 1 is 0.284 bits per heavy atom. The topological polar surface area (TPSA) is 78.9 Å². The van der Waals surface area contributed by atoms with Gasteiger partial charge in [0.15, 0.2) is 6.10 Å². The fourth-order valence-electron chi connectivity index (χ4n) is 8.23. The molecule has 0 aliphatic carbocycles. The van der Waals surface area contributed by atoms with Crippen molar-refractivity contribution in [3.8, 4) is 0 Å². The first-order valence-corrected chi connectivity index (χ1v) is 30.5. The molecule has 74 heavy (non-hydrogen) atoms. The Hall–Kier alpha value is -4.19. The highest BCUT2D eigenvalue weighted by atomic mass is 16.6. The minimum absolute atomic E-state index is 0.108. The predicted molar refractivity (Wildman–Crippen MR) is 320 cm³/mol. The van der Waals surface area contributed by atoms with Gasteiger partial charge in [-0.15, -0.1) is 0 Å². The van der Waals surface area contributed by atoms with Gasteiger partial charge < -0.3 is 14.2 Å². The average Bonchev–Trinajstić information content (AvgIpc) is 3.40. The van der Waals surface area contributed by atoms with Crippen molar-refractivity contribution >= 4 is 17.9 Å². The summed E-state index contributed by atoms with van der Waals surface area (Å²) in [6.07, 6.45) is 85.5. The molecule has 1 unspecified atom stereocenters. The third-order valence-electron chi connectivity index (χ3n) is 12.7. The lowest BCUT2D eigenvalue weighted by atomic mass is 10.0. The van der Waals surface area contributed by atoms with Crippen LogP contribution < -0.4 is 0 Å². The molecule has 0 amide bonds. The monoisotopic (exact) mass is 1020 g/mol. The SMILES string of the molecule is CC/C=C\C/C=C\C/C=C\C/C=C\C/C=C\C/C=C\CCC(=O)OC(COC(=O)CCCCCCCC)COC(=O)CCCCCCCCCCCCCCCCCCCC/C=C\C/C=C\C/C=C\C/C=C\CC. The van der Waals surface area contributed by atoms with Gasteiger partial charge in [-0.05, 0) is 96.3 Å². The van der Waals surface area contributed by atoms with Crippen LogP contribution in [0.3, 0.4) is 0 Å². The lowest BCUT2D eigenvalue weighted by molar-refractivity contribution is -0.166. The maximum Gasteiger partial charge on any atom is 0.306 e. The van der Waals surface area contributed by atoms with Gasteiger partial charge in [-0.1, -0.05) is 277 Å². The molecule has 0 aliphatic rings. The van der Waals surface area contributed by atoms with Crippen LogP contribution in [0.25, 0.3) is 0 Å². The second-order valence-corrected chi connectivity index (χ2v) is 19.9. The standard InChI is InChI=1S/C68H112O6/c1-4-7-10-13-16-18-20-22-24-26-28-29-30-31-32-33-34-35-36-37-38-39-41-42-44-46-48-50-52-55-58-61-67(70)73-64-65(63-72-66(69)60-57-54-15-12-9-6-3)74-68(71)62-59-56-53-51-49-47-45-43-40-27-25-23-21-19-17-14-11-8-5-2/h7-8,10-11,16-19,22-25,28-29,40,43,47,49,53,56,65H,4-6,9,12-15,20-21,26-27,30-39,41-42,44-46,48,50-52,54-55,57-64H2,1-3H3/b10-7-,11-8-,18-16-,19-17-,24-22-,25-23-,29-28-,43-40-,49-47-,56-53-. The molecule has 0 N–H and O–H groups in total. The summed E-state index contributed by atoms with van der Waals surface area (Å²) in [5, 5.41) is 0. The number of allylic oxidation sites excluding steroid dienone is 20. The minimum Gasteiger partial charge on any atom is -0.462 e. The molecule has 0 spiro atoms. The molecule has 1 atom stereocenters. The molecule has 0 bridgehead atoms. The van der Waals surface area contributed by atoms with E-state index in [0.717, 1.165) is 103 Å². The molecule has 0 aromatic rings. The Kier molecular flexibility index (Phi) is 57.9. The maximum atomic E-state index is 12.8. The molecule has 0 aliphatic heterocycles. The van der Waals surface area contributed by atoms with E-state index in [0.29, 0.717) is 19.3 Å². The fraction of sp³-hybridized carbons (Fsp3) is 0.662. The molecule has 0 saturated heterocycles. The van der Waals surface area contributed by atoms with Crippen molar-refractivity contribution in [1.29, 1.82) is 0 Å². The van der Waals surface area contributed by atoms with E-state index in [1.54, 1.807) is 0 Å². The van der Waals surface area contributed by atoms with Crippen LogP contribution in [0.1, 0.15) is 271 Å². The van der Waals surface area contributed by atoms with E-state index in [-0.39, 0.29) is 31.6 Å². The van der Waals surface area contributed by atoms with E-state index in [1.165, 1.54) is 122 Å². The summed E-state index contributed by atoms with van der Waals surface area (Å²) in [5.41, 5.74) is 0. The van der Waals surface area contributed by atoms with Crippen LogP contribution in [0.4, 0.5) is 0 Å². The first-order chi connectivity index (χ1) is 36.5. The number of carbonyl (C=O) groups excluding carboxylic acids is 3. The van der Waals surface area contributed by atoms with Gasteiger partial charge in [-0.3, -0.25) is 14.4 Å². The van der Waals surface area contributed by atoms with E-state index in [2.05, 4.69) is 130 Å². The quantitative estimate of drug-likeness (QED) is 0.0261. The lowest BCUT2D eigenvalue weighted by Gasteiger charge is -2.18. The summed E-state index contributed by atoms with van der Waals surface area (Å²) >= 11 is 0. The van der Waals surface area contributed by atoms with Gasteiger partial charge in [-0.2, -0.15) is 0 Å². The molecule has 0 fully saturated rings. The van der Waals surface area contributed by atoms with Crippen molar-refractivity contribution in [1.82, 2.24) is 0 Å². The average molecular weight is 1030 g/mol. The number of ether oxygens (including phenoxy) is 3. The van der Waals surface area contributed by atoms with Crippen molar-refractivity contribution in [2.24, 2.45) is 0 Å². The van der Waals surface area contributed by atoms with Gasteiger partial charge in [0.05, 0.1) is 0 Å². The summed E-state index contributed by atoms with van der Waals surface area (Å²) in [6.45, 7) is 6.29. The molecule has 420 valence electrons. The van der Waals surface area contributed by atoms with E-state index < -0.39 is 12.1 Å². The molecule has 0 rings (SSSR count). The summed E-state index contributed by atoms with van der Waals surface area (Å²) in [6, 6.07) is 0. The smallest absolute Gasteiger partial charge is 0.306 e. The molecular formula is C68H112O6. The Balaban J connectivity index is 4.11. The van der Waals surface area contributed by atoms with Crippen molar-refractivity contribution in [3.63, 3.8) is 0 Å². The number of hydrogen-bond donors (Lipinski definition) is 0. The number of carbonyl (C=O) groups is 3. The lowest BCUT2D eigenvalue weighted by Crippen LogP contribution is -2.30. The fourth-order valence-corrected chi connectivity index (χ4v) is 8.23. The van der Waals surface area contributed by atoms with Gasteiger partial charge in [-0.25, -0.2) is 0 Å². The number of rotatable bonds is 54. The van der Waals surface area contributed by atoms with Gasteiger partial charge in [0.2, 0.25) is 0 Å². The highest BCUT2D eigenvalue weighted by Gasteiger charge is 2.19. The Morgan fingerprint density at radius 3 is 0.878 bits per heavy atom. The van der Waals surface area contributed by atoms with Crippen LogP contribution in [-0.2, 0) is 28.6 Å². The minimum atomic E-state index is -0.816. The van der Waals surface area contributed by atoms with Crippen LogP contribution in [0.5, 0.6) is 0 Å². The molecule has 6 nitrogen and oxygen atoms in total. The first-order valence-electron chi connectivity index (χ1n) is 30.5. The van der Waals surface area contributed by atoms with Gasteiger partial charge in [0, 0.05) is 19.3 Å². The summed E-state index contributed by atoms with van der Waals surface area (Å²) in [5.74, 6) is -1.00. The summed E-state index contributed by atoms with van der Waals surface area (Å²) in [4.78, 5) is 37.9. The van der Waals surface area contributed by atoms with Gasteiger partial charge in [0.25, 0.3) is 0 Å². The molecule has 0 saturated carbocycles.